The van der Waals surface area contributed by atoms with Crippen LogP contribution in [-0.4, -0.2) is 19.7 Å². The Morgan fingerprint density at radius 3 is 2.88 bits per heavy atom. The number of nitrogens with zero attached hydrogens (tertiary/aromatic N) is 3. The summed E-state index contributed by atoms with van der Waals surface area (Å²) in [6, 6.07) is 5.45. The van der Waals surface area contributed by atoms with Gasteiger partial charge in [0.1, 0.15) is 0 Å². The van der Waals surface area contributed by atoms with Gasteiger partial charge in [-0.05, 0) is 37.5 Å². The van der Waals surface area contributed by atoms with Crippen LogP contribution in [0.25, 0.3) is 22.4 Å². The fourth-order valence-corrected chi connectivity index (χ4v) is 3.04. The Morgan fingerprint density at radius 1 is 1.33 bits per heavy atom. The number of rotatable bonds is 4. The van der Waals surface area contributed by atoms with Crippen molar-refractivity contribution in [1.29, 1.82) is 0 Å². The summed E-state index contributed by atoms with van der Waals surface area (Å²) in [5, 5.41) is 4.05. The molecule has 0 radical (unpaired) electrons. The molecule has 24 heavy (non-hydrogen) atoms. The molecular weight excluding hydrogens is 308 g/mol. The van der Waals surface area contributed by atoms with E-state index in [2.05, 4.69) is 15.1 Å². The zero-order valence-corrected chi connectivity index (χ0v) is 13.4. The van der Waals surface area contributed by atoms with Gasteiger partial charge >= 0.3 is 11.1 Å². The maximum Gasteiger partial charge on any atom is 0.316 e. The molecule has 0 saturated heterocycles. The molecule has 1 saturated carbocycles. The first-order chi connectivity index (χ1) is 11.7. The van der Waals surface area contributed by atoms with E-state index in [4.69, 9.17) is 4.52 Å². The lowest BCUT2D eigenvalue weighted by Gasteiger charge is -2.20. The highest BCUT2D eigenvalue weighted by Crippen LogP contribution is 2.36. The third kappa shape index (κ3) is 2.36. The van der Waals surface area contributed by atoms with E-state index in [0.717, 1.165) is 24.8 Å². The monoisotopic (exact) mass is 326 g/mol. The minimum Gasteiger partial charge on any atom is -0.339 e. The first-order valence-corrected chi connectivity index (χ1v) is 8.28. The summed E-state index contributed by atoms with van der Waals surface area (Å²) in [6.07, 6.45) is 4.16. The number of aromatic nitrogens is 4. The van der Waals surface area contributed by atoms with E-state index >= 15 is 0 Å². The summed E-state index contributed by atoms with van der Waals surface area (Å²) < 4.78 is 6.86. The summed E-state index contributed by atoms with van der Waals surface area (Å²) in [5.41, 5.74) is 0.919. The highest BCUT2D eigenvalue weighted by molar-refractivity contribution is 5.80. The van der Waals surface area contributed by atoms with Crippen molar-refractivity contribution in [3.05, 3.63) is 44.8 Å². The molecule has 4 rings (SSSR count). The first-order valence-electron chi connectivity index (χ1n) is 8.28. The van der Waals surface area contributed by atoms with E-state index in [1.807, 2.05) is 19.1 Å². The molecule has 7 nitrogen and oxygen atoms in total. The van der Waals surface area contributed by atoms with Crippen LogP contribution in [0.2, 0.25) is 0 Å². The van der Waals surface area contributed by atoms with E-state index in [0.29, 0.717) is 35.2 Å². The van der Waals surface area contributed by atoms with Crippen molar-refractivity contribution in [2.75, 3.05) is 0 Å². The molecule has 2 heterocycles. The van der Waals surface area contributed by atoms with Crippen molar-refractivity contribution in [3.63, 3.8) is 0 Å². The van der Waals surface area contributed by atoms with Crippen molar-refractivity contribution in [3.8, 4) is 11.4 Å². The minimum atomic E-state index is -0.614. The number of nitrogens with one attached hydrogen (secondary N) is 1. The number of H-pyrrole nitrogens is 1. The molecule has 7 heteroatoms. The molecule has 0 amide bonds. The Labute approximate surface area is 137 Å². The summed E-state index contributed by atoms with van der Waals surface area (Å²) in [7, 11) is 0. The van der Waals surface area contributed by atoms with Crippen molar-refractivity contribution in [1.82, 2.24) is 19.7 Å². The molecule has 1 aromatic carbocycles. The Kier molecular flexibility index (Phi) is 3.55. The lowest BCUT2D eigenvalue weighted by Crippen LogP contribution is -2.36. The van der Waals surface area contributed by atoms with E-state index in [1.54, 1.807) is 6.07 Å². The number of fused-ring (bicyclic) bond motifs is 1. The number of hydrogen-bond acceptors (Lipinski definition) is 5. The molecule has 1 aliphatic carbocycles. The average Bonchev–Trinajstić information content (AvgIpc) is 2.99. The zero-order chi connectivity index (χ0) is 16.7. The van der Waals surface area contributed by atoms with Crippen LogP contribution in [0.15, 0.2) is 32.3 Å². The van der Waals surface area contributed by atoms with Gasteiger partial charge in [0.25, 0.3) is 0 Å². The van der Waals surface area contributed by atoms with Gasteiger partial charge < -0.3 is 14.1 Å². The van der Waals surface area contributed by atoms with E-state index < -0.39 is 11.1 Å². The number of aromatic amines is 1. The summed E-state index contributed by atoms with van der Waals surface area (Å²) in [5.74, 6) is 1.56. The van der Waals surface area contributed by atoms with Gasteiger partial charge in [0.05, 0.1) is 11.0 Å². The average molecular weight is 326 g/mol. The Balaban J connectivity index is 1.80. The van der Waals surface area contributed by atoms with Gasteiger partial charge in [-0.25, -0.2) is 0 Å². The van der Waals surface area contributed by atoms with Crippen molar-refractivity contribution in [2.24, 2.45) is 0 Å². The maximum atomic E-state index is 12.0. The Morgan fingerprint density at radius 2 is 2.17 bits per heavy atom. The van der Waals surface area contributed by atoms with Crippen LogP contribution < -0.4 is 11.1 Å². The highest BCUT2D eigenvalue weighted by atomic mass is 16.5. The molecule has 1 fully saturated rings. The van der Waals surface area contributed by atoms with Gasteiger partial charge in [0.15, 0.2) is 0 Å². The maximum absolute atomic E-state index is 12.0. The largest absolute Gasteiger partial charge is 0.339 e. The quantitative estimate of drug-likeness (QED) is 0.743. The van der Waals surface area contributed by atoms with Gasteiger partial charge in [0.2, 0.25) is 11.7 Å². The molecule has 124 valence electrons. The van der Waals surface area contributed by atoms with Crippen LogP contribution in [0.5, 0.6) is 0 Å². The second-order valence-electron chi connectivity index (χ2n) is 6.23. The molecule has 0 bridgehead atoms. The smallest absolute Gasteiger partial charge is 0.316 e. The number of benzene rings is 1. The van der Waals surface area contributed by atoms with Crippen molar-refractivity contribution in [2.45, 2.75) is 45.1 Å². The predicted octanol–water partition coefficient (Wildman–Crippen LogP) is 2.42. The minimum absolute atomic E-state index is 0.376. The van der Waals surface area contributed by atoms with Crippen LogP contribution in [0.4, 0.5) is 0 Å². The summed E-state index contributed by atoms with van der Waals surface area (Å²) in [6.45, 7) is 2.47. The van der Waals surface area contributed by atoms with Crippen LogP contribution in [-0.2, 0) is 6.54 Å². The lowest BCUT2D eigenvalue weighted by atomic mass is 9.85. The summed E-state index contributed by atoms with van der Waals surface area (Å²) >= 11 is 0. The van der Waals surface area contributed by atoms with Gasteiger partial charge in [-0.1, -0.05) is 18.5 Å². The Bertz CT molecular complexity index is 1010. The molecule has 0 aliphatic heterocycles. The lowest BCUT2D eigenvalue weighted by molar-refractivity contribution is 0.292. The molecule has 1 N–H and O–H groups in total. The third-order valence-electron chi connectivity index (χ3n) is 4.58. The molecule has 0 spiro atoms. The second kappa shape index (κ2) is 5.74. The van der Waals surface area contributed by atoms with E-state index in [-0.39, 0.29) is 0 Å². The van der Waals surface area contributed by atoms with Gasteiger partial charge in [-0.3, -0.25) is 9.59 Å². The van der Waals surface area contributed by atoms with Crippen molar-refractivity contribution >= 4 is 11.0 Å². The van der Waals surface area contributed by atoms with E-state index in [9.17, 15) is 9.59 Å². The Hall–Kier alpha value is -2.70. The van der Waals surface area contributed by atoms with Gasteiger partial charge in [-0.15, -0.1) is 0 Å². The standard InChI is InChI=1S/C17H18N4O3/c1-2-8-21-13-7-6-11(9-12(13)18-15(22)17(21)23)14-19-16(24-20-14)10-4-3-5-10/h6-7,9-10H,2-5,8H2,1H3,(H,18,22). The fraction of sp³-hybridized carbons (Fsp3) is 0.412. The van der Waals surface area contributed by atoms with Crippen LogP contribution in [0.1, 0.15) is 44.4 Å². The normalized spacial score (nSPS) is 14.9. The number of aryl methyl sites for hydroxylation is 1. The van der Waals surface area contributed by atoms with Crippen LogP contribution >= 0.6 is 0 Å². The molecule has 0 unspecified atom stereocenters. The van der Waals surface area contributed by atoms with Crippen LogP contribution in [0.3, 0.4) is 0 Å². The molecular formula is C17H18N4O3. The van der Waals surface area contributed by atoms with Gasteiger partial charge in [-0.2, -0.15) is 4.98 Å². The molecule has 2 aromatic heterocycles. The predicted molar refractivity (Wildman–Crippen MR) is 89.0 cm³/mol. The first kappa shape index (κ1) is 14.9. The zero-order valence-electron chi connectivity index (χ0n) is 13.4. The van der Waals surface area contributed by atoms with Crippen LogP contribution in [0, 0.1) is 0 Å². The molecule has 3 aromatic rings. The fourth-order valence-electron chi connectivity index (χ4n) is 3.04. The third-order valence-corrected chi connectivity index (χ3v) is 4.58. The summed E-state index contributed by atoms with van der Waals surface area (Å²) in [4.78, 5) is 31.0. The topological polar surface area (TPSA) is 93.8 Å². The molecule has 1 aliphatic rings. The SMILES string of the molecule is CCCn1c(=O)c(=O)[nH]c2cc(-c3noc(C4CCC4)n3)ccc21. The van der Waals surface area contributed by atoms with E-state index in [1.165, 1.54) is 11.0 Å². The highest BCUT2D eigenvalue weighted by Gasteiger charge is 2.25. The van der Waals surface area contributed by atoms with Gasteiger partial charge in [0, 0.05) is 18.0 Å². The molecule has 0 atom stereocenters. The van der Waals surface area contributed by atoms with Crippen molar-refractivity contribution < 1.29 is 4.52 Å². The second-order valence-corrected chi connectivity index (χ2v) is 6.23. The number of hydrogen-bond donors (Lipinski definition) is 1.